The largest absolute Gasteiger partial charge is 0.467 e. The zero-order valence-electron chi connectivity index (χ0n) is 34.6. The molecular weight excluding hydrogens is 804 g/mol. The second-order valence-electron chi connectivity index (χ2n) is 14.2. The van der Waals surface area contributed by atoms with E-state index in [1.807, 2.05) is 0 Å². The third-order valence-electron chi connectivity index (χ3n) is 9.84. The van der Waals surface area contributed by atoms with E-state index in [2.05, 4.69) is 10.6 Å². The van der Waals surface area contributed by atoms with Crippen molar-refractivity contribution in [2.24, 2.45) is 5.92 Å². The van der Waals surface area contributed by atoms with Gasteiger partial charge in [-0.05, 0) is 23.6 Å². The summed E-state index contributed by atoms with van der Waals surface area (Å²) in [6.07, 6.45) is -9.15. The van der Waals surface area contributed by atoms with E-state index >= 15 is 0 Å². The van der Waals surface area contributed by atoms with E-state index in [4.69, 9.17) is 28.4 Å². The normalized spacial score (nSPS) is 20.8. The van der Waals surface area contributed by atoms with Crippen LogP contribution in [0.4, 0.5) is 4.79 Å². The summed E-state index contributed by atoms with van der Waals surface area (Å²) in [6, 6.07) is 9.01. The molecule has 61 heavy (non-hydrogen) atoms. The molecule has 2 heterocycles. The van der Waals surface area contributed by atoms with Crippen LogP contribution >= 0.6 is 0 Å². The Morgan fingerprint density at radius 1 is 0.787 bits per heavy atom. The lowest BCUT2D eigenvalue weighted by molar-refractivity contribution is -0.251. The molecule has 20 heteroatoms. The molecule has 20 nitrogen and oxygen atoms in total. The number of imide groups is 2. The zero-order chi connectivity index (χ0) is 45.1. The van der Waals surface area contributed by atoms with Crippen molar-refractivity contribution >= 4 is 59.5 Å². The molecule has 2 aromatic carbocycles. The topological polar surface area (TPSA) is 257 Å². The standard InChI is InChI=1S/C41H48N4O16/c1-8-21(2)32(40(54)56-7)43-36(51)29(42-41(55)58-19-26-14-10-9-11-15-26)18-31(50)44(22(3)46)39-33(45-37(52)27-16-12-13-17-28(27)38(45)53)35(60-25(6)49)34(59-24(5)48)30(61-39)20-57-23(4)47/h9-17,21,29-30,32-35,39H,8,18-20H2,1-7H3,(H,42,55)(H,43,51)/t21-,29-,30+,32-,33+,34+,35+,39+/m0/s1. The summed E-state index contributed by atoms with van der Waals surface area (Å²) >= 11 is 0. The maximum absolute atomic E-state index is 14.6. The number of esters is 4. The number of hydrogen-bond acceptors (Lipinski definition) is 16. The number of amides is 6. The molecule has 0 spiro atoms. The number of carbonyl (C=O) groups is 10. The van der Waals surface area contributed by atoms with Crippen molar-refractivity contribution < 1.29 is 76.4 Å². The summed E-state index contributed by atoms with van der Waals surface area (Å²) in [6.45, 7) is 6.34. The van der Waals surface area contributed by atoms with Gasteiger partial charge in [0.2, 0.25) is 17.7 Å². The van der Waals surface area contributed by atoms with Crippen LogP contribution in [0, 0.1) is 5.92 Å². The van der Waals surface area contributed by atoms with Crippen molar-refractivity contribution in [2.45, 2.75) is 104 Å². The first-order valence-corrected chi connectivity index (χ1v) is 19.2. The van der Waals surface area contributed by atoms with Crippen LogP contribution in [0.25, 0.3) is 0 Å². The van der Waals surface area contributed by atoms with Crippen LogP contribution in [0.1, 0.15) is 80.7 Å². The number of nitrogens with one attached hydrogen (secondary N) is 2. The van der Waals surface area contributed by atoms with Gasteiger partial charge in [0, 0.05) is 27.7 Å². The highest BCUT2D eigenvalue weighted by Gasteiger charge is 2.59. The van der Waals surface area contributed by atoms with Gasteiger partial charge in [0.1, 0.15) is 37.4 Å². The maximum atomic E-state index is 14.6. The Kier molecular flexibility index (Phi) is 16.2. The Morgan fingerprint density at radius 3 is 1.89 bits per heavy atom. The summed E-state index contributed by atoms with van der Waals surface area (Å²) in [5, 5.41) is 4.79. The first-order valence-electron chi connectivity index (χ1n) is 19.2. The van der Waals surface area contributed by atoms with Gasteiger partial charge in [-0.15, -0.1) is 0 Å². The summed E-state index contributed by atoms with van der Waals surface area (Å²) in [4.78, 5) is 135. The number of benzene rings is 2. The minimum Gasteiger partial charge on any atom is -0.467 e. The fraction of sp³-hybridized carbons (Fsp3) is 0.463. The van der Waals surface area contributed by atoms with Crippen molar-refractivity contribution in [1.29, 1.82) is 0 Å². The van der Waals surface area contributed by atoms with Crippen LogP contribution in [-0.2, 0) is 68.6 Å². The zero-order valence-corrected chi connectivity index (χ0v) is 34.6. The lowest BCUT2D eigenvalue weighted by atomic mass is 9.92. The Balaban J connectivity index is 1.83. The predicted molar refractivity (Wildman–Crippen MR) is 206 cm³/mol. The summed E-state index contributed by atoms with van der Waals surface area (Å²) in [5.41, 5.74) is 0.374. The number of fused-ring (bicyclic) bond motifs is 1. The smallest absolute Gasteiger partial charge is 0.408 e. The van der Waals surface area contributed by atoms with E-state index < -0.39 is 121 Å². The third-order valence-corrected chi connectivity index (χ3v) is 9.84. The Morgan fingerprint density at radius 2 is 1.36 bits per heavy atom. The Bertz CT molecular complexity index is 1990. The van der Waals surface area contributed by atoms with Crippen LogP contribution < -0.4 is 10.6 Å². The lowest BCUT2D eigenvalue weighted by Crippen LogP contribution is -2.71. The molecule has 0 bridgehead atoms. The number of rotatable bonds is 16. The van der Waals surface area contributed by atoms with Crippen molar-refractivity contribution in [1.82, 2.24) is 20.4 Å². The SMILES string of the molecule is CC[C@H](C)[C@H](NC(=O)[C@H](CC(=O)N(C(C)=O)[C@@H]1O[C@H](COC(C)=O)[C@@H](OC(C)=O)[C@H](OC(C)=O)[C@H]1N1C(=O)c2ccccc2C1=O)NC(=O)OCc1ccccc1)C(=O)OC. The molecule has 0 aromatic heterocycles. The Labute approximate surface area is 350 Å². The number of hydrogen-bond donors (Lipinski definition) is 2. The highest BCUT2D eigenvalue weighted by molar-refractivity contribution is 6.21. The molecule has 2 N–H and O–H groups in total. The van der Waals surface area contributed by atoms with Crippen molar-refractivity contribution in [3.05, 3.63) is 71.3 Å². The van der Waals surface area contributed by atoms with Crippen molar-refractivity contribution in [3.8, 4) is 0 Å². The molecule has 2 aromatic rings. The summed E-state index contributed by atoms with van der Waals surface area (Å²) in [7, 11) is 1.10. The number of nitrogens with zero attached hydrogens (tertiary/aromatic N) is 2. The van der Waals surface area contributed by atoms with Crippen LogP contribution in [0.2, 0.25) is 0 Å². The summed E-state index contributed by atoms with van der Waals surface area (Å²) < 4.78 is 32.7. The fourth-order valence-corrected chi connectivity index (χ4v) is 6.80. The van der Waals surface area contributed by atoms with Gasteiger partial charge >= 0.3 is 30.0 Å². The predicted octanol–water partition coefficient (Wildman–Crippen LogP) is 1.57. The molecule has 8 atom stereocenters. The average Bonchev–Trinajstić information content (AvgIpc) is 3.46. The van der Waals surface area contributed by atoms with E-state index in [9.17, 15) is 47.9 Å². The van der Waals surface area contributed by atoms with Crippen molar-refractivity contribution in [3.63, 3.8) is 0 Å². The molecule has 6 amide bonds. The van der Waals surface area contributed by atoms with Gasteiger partial charge in [0.25, 0.3) is 11.8 Å². The second-order valence-corrected chi connectivity index (χ2v) is 14.2. The van der Waals surface area contributed by atoms with Crippen LogP contribution in [0.3, 0.4) is 0 Å². The van der Waals surface area contributed by atoms with Gasteiger partial charge in [-0.1, -0.05) is 62.7 Å². The molecule has 2 aliphatic rings. The highest BCUT2D eigenvalue weighted by atomic mass is 16.6. The van der Waals surface area contributed by atoms with E-state index in [-0.39, 0.29) is 17.7 Å². The number of carbonyl (C=O) groups excluding carboxylic acids is 10. The van der Waals surface area contributed by atoms with Crippen LogP contribution in [0.5, 0.6) is 0 Å². The molecule has 1 saturated heterocycles. The number of ether oxygens (including phenoxy) is 6. The number of methoxy groups -OCH3 is 1. The Hall–Kier alpha value is -6.70. The van der Waals surface area contributed by atoms with E-state index in [1.165, 1.54) is 24.3 Å². The average molecular weight is 853 g/mol. The van der Waals surface area contributed by atoms with Gasteiger partial charge in [-0.2, -0.15) is 0 Å². The molecule has 2 aliphatic heterocycles. The lowest BCUT2D eigenvalue weighted by Gasteiger charge is -2.49. The molecule has 328 valence electrons. The molecule has 0 aliphatic carbocycles. The van der Waals surface area contributed by atoms with Gasteiger partial charge < -0.3 is 39.1 Å². The van der Waals surface area contributed by atoms with Gasteiger partial charge in [0.05, 0.1) is 24.7 Å². The second kappa shape index (κ2) is 21.0. The first-order chi connectivity index (χ1) is 28.9. The molecule has 4 rings (SSSR count). The fourth-order valence-electron chi connectivity index (χ4n) is 6.80. The minimum absolute atomic E-state index is 0.101. The summed E-state index contributed by atoms with van der Waals surface area (Å²) in [5.74, 6) is -9.53. The van der Waals surface area contributed by atoms with Gasteiger partial charge in [0.15, 0.2) is 18.4 Å². The molecule has 0 radical (unpaired) electrons. The molecular formula is C41H48N4O16. The molecule has 0 saturated carbocycles. The van der Waals surface area contributed by atoms with Crippen LogP contribution in [0.15, 0.2) is 54.6 Å². The van der Waals surface area contributed by atoms with E-state index in [0.29, 0.717) is 21.8 Å². The molecule has 0 unspecified atom stereocenters. The monoisotopic (exact) mass is 852 g/mol. The maximum Gasteiger partial charge on any atom is 0.408 e. The molecule has 1 fully saturated rings. The van der Waals surface area contributed by atoms with E-state index in [1.54, 1.807) is 44.2 Å². The van der Waals surface area contributed by atoms with E-state index in [0.717, 1.165) is 34.8 Å². The third kappa shape index (κ3) is 11.5. The van der Waals surface area contributed by atoms with Crippen LogP contribution in [-0.4, -0.2) is 126 Å². The first kappa shape index (κ1) is 47.0. The van der Waals surface area contributed by atoms with Crippen molar-refractivity contribution in [2.75, 3.05) is 13.7 Å². The quantitative estimate of drug-likeness (QED) is 0.138. The van der Waals surface area contributed by atoms with Gasteiger partial charge in [-0.3, -0.25) is 48.2 Å². The van der Waals surface area contributed by atoms with Gasteiger partial charge in [-0.25, -0.2) is 9.59 Å². The minimum atomic E-state index is -2.10. The highest BCUT2D eigenvalue weighted by Crippen LogP contribution is 2.37. The number of alkyl carbamates (subject to hydrolysis) is 1.